The second-order valence-corrected chi connectivity index (χ2v) is 7.23. The van der Waals surface area contributed by atoms with Gasteiger partial charge in [0.05, 0.1) is 17.1 Å². The number of halogens is 2. The number of aryl methyl sites for hydroxylation is 1. The van der Waals surface area contributed by atoms with Gasteiger partial charge in [-0.2, -0.15) is 5.10 Å². The van der Waals surface area contributed by atoms with E-state index in [1.165, 1.54) is 24.1 Å². The Morgan fingerprint density at radius 2 is 1.83 bits per heavy atom. The van der Waals surface area contributed by atoms with Crippen molar-refractivity contribution in [2.75, 3.05) is 13.7 Å². The standard InChI is InChI=1S/C22H21ClFN3O3/c1-14-21(15(2)27(25-14)16-8-5-4-6-9-16)22(29)30-13-20(28)26(3)12-17-18(23)10-7-11-19(17)24/h4-11H,12-13H2,1-3H3. The average molecular weight is 430 g/mol. The van der Waals surface area contributed by atoms with Gasteiger partial charge in [0.1, 0.15) is 11.4 Å². The first-order valence-corrected chi connectivity index (χ1v) is 9.63. The Morgan fingerprint density at radius 3 is 2.50 bits per heavy atom. The van der Waals surface area contributed by atoms with E-state index in [-0.39, 0.29) is 17.1 Å². The number of ether oxygens (including phenoxy) is 1. The highest BCUT2D eigenvalue weighted by atomic mass is 35.5. The molecule has 0 unspecified atom stereocenters. The normalized spacial score (nSPS) is 10.7. The van der Waals surface area contributed by atoms with Crippen LogP contribution in [0.25, 0.3) is 5.69 Å². The average Bonchev–Trinajstić information content (AvgIpc) is 3.03. The molecule has 0 aliphatic rings. The molecule has 1 heterocycles. The van der Waals surface area contributed by atoms with Gasteiger partial charge in [0.25, 0.3) is 5.91 Å². The third-order valence-electron chi connectivity index (χ3n) is 4.71. The maximum atomic E-state index is 13.9. The van der Waals surface area contributed by atoms with Crippen LogP contribution in [0.1, 0.15) is 27.3 Å². The van der Waals surface area contributed by atoms with Crippen molar-refractivity contribution in [3.63, 3.8) is 0 Å². The molecule has 3 aromatic rings. The zero-order valence-corrected chi connectivity index (χ0v) is 17.6. The lowest BCUT2D eigenvalue weighted by molar-refractivity contribution is -0.133. The SMILES string of the molecule is Cc1nn(-c2ccccc2)c(C)c1C(=O)OCC(=O)N(C)Cc1c(F)cccc1Cl. The van der Waals surface area contributed by atoms with Crippen molar-refractivity contribution in [2.24, 2.45) is 0 Å². The van der Waals surface area contributed by atoms with Gasteiger partial charge in [-0.15, -0.1) is 0 Å². The Kier molecular flexibility index (Phi) is 6.52. The van der Waals surface area contributed by atoms with Gasteiger partial charge in [0.15, 0.2) is 6.61 Å². The van der Waals surface area contributed by atoms with E-state index in [0.717, 1.165) is 5.69 Å². The van der Waals surface area contributed by atoms with E-state index in [1.807, 2.05) is 30.3 Å². The predicted molar refractivity (Wildman–Crippen MR) is 111 cm³/mol. The van der Waals surface area contributed by atoms with E-state index in [9.17, 15) is 14.0 Å². The van der Waals surface area contributed by atoms with Crippen LogP contribution in [0.3, 0.4) is 0 Å². The Hall–Kier alpha value is -3.19. The fourth-order valence-corrected chi connectivity index (χ4v) is 3.30. The highest BCUT2D eigenvalue weighted by Crippen LogP contribution is 2.21. The van der Waals surface area contributed by atoms with Crippen molar-refractivity contribution >= 4 is 23.5 Å². The molecule has 0 aliphatic heterocycles. The molecule has 0 atom stereocenters. The van der Waals surface area contributed by atoms with Crippen molar-refractivity contribution in [3.05, 3.63) is 81.9 Å². The number of aromatic nitrogens is 2. The molecule has 2 aromatic carbocycles. The summed E-state index contributed by atoms with van der Waals surface area (Å²) in [6.07, 6.45) is 0. The molecule has 8 heteroatoms. The number of carbonyl (C=O) groups is 2. The van der Waals surface area contributed by atoms with E-state index >= 15 is 0 Å². The summed E-state index contributed by atoms with van der Waals surface area (Å²) in [5, 5.41) is 4.63. The maximum Gasteiger partial charge on any atom is 0.342 e. The quantitative estimate of drug-likeness (QED) is 0.553. The smallest absolute Gasteiger partial charge is 0.342 e. The van der Waals surface area contributed by atoms with Gasteiger partial charge in [0.2, 0.25) is 0 Å². The maximum absolute atomic E-state index is 13.9. The Morgan fingerprint density at radius 1 is 1.13 bits per heavy atom. The molecule has 30 heavy (non-hydrogen) atoms. The summed E-state index contributed by atoms with van der Waals surface area (Å²) in [5.74, 6) is -1.62. The summed E-state index contributed by atoms with van der Waals surface area (Å²) in [6.45, 7) is 2.96. The molecule has 0 radical (unpaired) electrons. The lowest BCUT2D eigenvalue weighted by atomic mass is 10.2. The van der Waals surface area contributed by atoms with Crippen molar-refractivity contribution in [1.82, 2.24) is 14.7 Å². The number of para-hydroxylation sites is 1. The number of hydrogen-bond acceptors (Lipinski definition) is 4. The van der Waals surface area contributed by atoms with Crippen molar-refractivity contribution in [1.29, 1.82) is 0 Å². The zero-order valence-electron chi connectivity index (χ0n) is 16.9. The minimum Gasteiger partial charge on any atom is -0.452 e. The highest BCUT2D eigenvalue weighted by Gasteiger charge is 2.22. The topological polar surface area (TPSA) is 64.4 Å². The van der Waals surface area contributed by atoms with Gasteiger partial charge in [-0.1, -0.05) is 35.9 Å². The van der Waals surface area contributed by atoms with Crippen molar-refractivity contribution < 1.29 is 18.7 Å². The number of benzene rings is 2. The van der Waals surface area contributed by atoms with Crippen LogP contribution >= 0.6 is 11.6 Å². The molecule has 1 amide bonds. The van der Waals surface area contributed by atoms with Gasteiger partial charge in [-0.05, 0) is 38.1 Å². The molecular formula is C22H21ClFN3O3. The molecule has 0 saturated heterocycles. The van der Waals surface area contributed by atoms with E-state index < -0.39 is 24.3 Å². The van der Waals surface area contributed by atoms with E-state index in [2.05, 4.69) is 5.10 Å². The number of hydrogen-bond donors (Lipinski definition) is 0. The van der Waals surface area contributed by atoms with Crippen LogP contribution < -0.4 is 0 Å². The second kappa shape index (κ2) is 9.09. The summed E-state index contributed by atoms with van der Waals surface area (Å²) in [5.41, 5.74) is 2.45. The summed E-state index contributed by atoms with van der Waals surface area (Å²) in [4.78, 5) is 26.2. The van der Waals surface area contributed by atoms with Gasteiger partial charge >= 0.3 is 5.97 Å². The number of carbonyl (C=O) groups excluding carboxylic acids is 2. The van der Waals surface area contributed by atoms with E-state index in [1.54, 1.807) is 24.6 Å². The highest BCUT2D eigenvalue weighted by molar-refractivity contribution is 6.31. The van der Waals surface area contributed by atoms with Crippen LogP contribution in [0.15, 0.2) is 48.5 Å². The van der Waals surface area contributed by atoms with Crippen LogP contribution in [0.2, 0.25) is 5.02 Å². The minimum atomic E-state index is -0.641. The van der Waals surface area contributed by atoms with Crippen molar-refractivity contribution in [3.8, 4) is 5.69 Å². The van der Waals surface area contributed by atoms with Crippen LogP contribution in [-0.2, 0) is 16.1 Å². The largest absolute Gasteiger partial charge is 0.452 e. The van der Waals surface area contributed by atoms with Gasteiger partial charge in [-0.25, -0.2) is 13.9 Å². The number of esters is 1. The fourth-order valence-electron chi connectivity index (χ4n) is 3.08. The number of nitrogens with zero attached hydrogens (tertiary/aromatic N) is 3. The first kappa shape index (κ1) is 21.5. The first-order valence-electron chi connectivity index (χ1n) is 9.25. The molecule has 156 valence electrons. The fraction of sp³-hybridized carbons (Fsp3) is 0.227. The third kappa shape index (κ3) is 4.52. The molecular weight excluding hydrogens is 409 g/mol. The summed E-state index contributed by atoms with van der Waals surface area (Å²) in [7, 11) is 1.49. The zero-order chi connectivity index (χ0) is 21.8. The molecule has 0 fully saturated rings. The predicted octanol–water partition coefficient (Wildman–Crippen LogP) is 4.10. The lowest BCUT2D eigenvalue weighted by Gasteiger charge is -2.18. The molecule has 1 aromatic heterocycles. The number of likely N-dealkylation sites (N-methyl/N-ethyl adjacent to an activating group) is 1. The second-order valence-electron chi connectivity index (χ2n) is 6.82. The first-order chi connectivity index (χ1) is 14.3. The molecule has 0 aliphatic carbocycles. The van der Waals surface area contributed by atoms with Crippen molar-refractivity contribution in [2.45, 2.75) is 20.4 Å². The van der Waals surface area contributed by atoms with Crippen LogP contribution in [-0.4, -0.2) is 40.2 Å². The van der Waals surface area contributed by atoms with Gasteiger partial charge < -0.3 is 9.64 Å². The molecule has 0 saturated carbocycles. The van der Waals surface area contributed by atoms with E-state index in [0.29, 0.717) is 17.0 Å². The Balaban J connectivity index is 1.67. The molecule has 0 bridgehead atoms. The molecule has 0 spiro atoms. The molecule has 0 N–H and O–H groups in total. The van der Waals surface area contributed by atoms with Crippen LogP contribution in [0.4, 0.5) is 4.39 Å². The Labute approximate surface area is 178 Å². The van der Waals surface area contributed by atoms with Crippen LogP contribution in [0, 0.1) is 19.7 Å². The monoisotopic (exact) mass is 429 g/mol. The summed E-state index contributed by atoms with van der Waals surface area (Å²) >= 11 is 6.00. The number of rotatable bonds is 6. The summed E-state index contributed by atoms with van der Waals surface area (Å²) in [6, 6.07) is 13.7. The summed E-state index contributed by atoms with van der Waals surface area (Å²) < 4.78 is 20.8. The molecule has 6 nitrogen and oxygen atoms in total. The van der Waals surface area contributed by atoms with Gasteiger partial charge in [-0.3, -0.25) is 4.79 Å². The minimum absolute atomic E-state index is 0.0358. The van der Waals surface area contributed by atoms with Crippen LogP contribution in [0.5, 0.6) is 0 Å². The lowest BCUT2D eigenvalue weighted by Crippen LogP contribution is -2.31. The van der Waals surface area contributed by atoms with Gasteiger partial charge in [0, 0.05) is 24.2 Å². The third-order valence-corrected chi connectivity index (χ3v) is 5.06. The van der Waals surface area contributed by atoms with E-state index in [4.69, 9.17) is 16.3 Å². The number of amides is 1. The molecule has 3 rings (SSSR count). The Bertz CT molecular complexity index is 1060.